The van der Waals surface area contributed by atoms with Gasteiger partial charge in [-0.1, -0.05) is 20.8 Å². The Kier molecular flexibility index (Phi) is 6.02. The van der Waals surface area contributed by atoms with Gasteiger partial charge in [-0.15, -0.1) is 0 Å². The first-order valence-corrected chi connectivity index (χ1v) is 11.7. The molecule has 2 aliphatic heterocycles. The van der Waals surface area contributed by atoms with E-state index in [4.69, 9.17) is 15.2 Å². The molecule has 6 heteroatoms. The van der Waals surface area contributed by atoms with Crippen LogP contribution in [0.4, 0.5) is 0 Å². The number of nitrogens with zero attached hydrogens (tertiary/aromatic N) is 1. The van der Waals surface area contributed by atoms with Crippen molar-refractivity contribution in [3.63, 3.8) is 0 Å². The minimum Gasteiger partial charge on any atom is -0.393 e. The summed E-state index contributed by atoms with van der Waals surface area (Å²) >= 11 is 0. The third kappa shape index (κ3) is 3.75. The summed E-state index contributed by atoms with van der Waals surface area (Å²) in [6.45, 7) is 9.64. The van der Waals surface area contributed by atoms with Crippen molar-refractivity contribution in [2.24, 2.45) is 34.3 Å². The summed E-state index contributed by atoms with van der Waals surface area (Å²) in [7, 11) is 0. The van der Waals surface area contributed by atoms with E-state index in [9.17, 15) is 9.90 Å². The second-order valence-corrected chi connectivity index (χ2v) is 10.7. The number of ether oxygens (including phenoxy) is 2. The van der Waals surface area contributed by atoms with Gasteiger partial charge in [0.2, 0.25) is 5.91 Å². The van der Waals surface area contributed by atoms with Crippen LogP contribution >= 0.6 is 0 Å². The van der Waals surface area contributed by atoms with E-state index in [1.807, 2.05) is 4.90 Å². The quantitative estimate of drug-likeness (QED) is 0.750. The highest BCUT2D eigenvalue weighted by Gasteiger charge is 2.61. The zero-order valence-electron chi connectivity index (χ0n) is 18.4. The highest BCUT2D eigenvalue weighted by molar-refractivity contribution is 5.76. The van der Waals surface area contributed by atoms with Gasteiger partial charge in [0.15, 0.2) is 6.29 Å². The van der Waals surface area contributed by atoms with Crippen LogP contribution in [0.25, 0.3) is 0 Å². The van der Waals surface area contributed by atoms with E-state index >= 15 is 0 Å². The molecule has 4 rings (SSSR count). The van der Waals surface area contributed by atoms with Crippen LogP contribution < -0.4 is 5.73 Å². The number of carbonyl (C=O) groups excluding carboxylic acids is 1. The molecular formula is C23H40N2O4. The van der Waals surface area contributed by atoms with Gasteiger partial charge in [0, 0.05) is 31.5 Å². The van der Waals surface area contributed by atoms with Crippen molar-refractivity contribution in [3.8, 4) is 0 Å². The van der Waals surface area contributed by atoms with Crippen LogP contribution in [0.1, 0.15) is 65.7 Å². The van der Waals surface area contributed by atoms with Gasteiger partial charge in [0.1, 0.15) is 0 Å². The normalized spacial score (nSPS) is 46.1. The molecule has 0 unspecified atom stereocenters. The van der Waals surface area contributed by atoms with Gasteiger partial charge in [-0.2, -0.15) is 0 Å². The van der Waals surface area contributed by atoms with Crippen molar-refractivity contribution < 1.29 is 19.4 Å². The molecule has 0 aromatic heterocycles. The van der Waals surface area contributed by atoms with E-state index in [1.54, 1.807) is 0 Å². The maximum Gasteiger partial charge on any atom is 0.222 e. The predicted octanol–water partition coefficient (Wildman–Crippen LogP) is 2.53. The van der Waals surface area contributed by atoms with E-state index in [-0.39, 0.29) is 35.0 Å². The van der Waals surface area contributed by atoms with Gasteiger partial charge >= 0.3 is 0 Å². The van der Waals surface area contributed by atoms with Crippen LogP contribution in [0, 0.1) is 28.6 Å². The maximum atomic E-state index is 13.1. The number of aliphatic hydroxyl groups excluding tert-OH is 1. The summed E-state index contributed by atoms with van der Waals surface area (Å²) in [6, 6.07) is 0. The minimum absolute atomic E-state index is 0.0121. The van der Waals surface area contributed by atoms with Gasteiger partial charge in [-0.25, -0.2) is 0 Å². The van der Waals surface area contributed by atoms with E-state index in [0.717, 1.165) is 51.6 Å². The molecule has 2 heterocycles. The molecule has 1 amide bonds. The molecule has 4 aliphatic rings. The summed E-state index contributed by atoms with van der Waals surface area (Å²) in [5.41, 5.74) is 5.63. The van der Waals surface area contributed by atoms with E-state index in [2.05, 4.69) is 20.8 Å². The topological polar surface area (TPSA) is 85.0 Å². The smallest absolute Gasteiger partial charge is 0.222 e. The Morgan fingerprint density at radius 3 is 2.55 bits per heavy atom. The summed E-state index contributed by atoms with van der Waals surface area (Å²) in [5, 5.41) is 11.0. The van der Waals surface area contributed by atoms with Crippen LogP contribution in [0.5, 0.6) is 0 Å². The summed E-state index contributed by atoms with van der Waals surface area (Å²) in [5.74, 6) is 1.34. The fourth-order valence-electron chi connectivity index (χ4n) is 6.99. The zero-order chi connectivity index (χ0) is 20.8. The second-order valence-electron chi connectivity index (χ2n) is 10.7. The molecule has 3 N–H and O–H groups in total. The number of hydrogen-bond acceptors (Lipinski definition) is 5. The summed E-state index contributed by atoms with van der Waals surface area (Å²) < 4.78 is 12.2. The third-order valence-electron chi connectivity index (χ3n) is 8.96. The number of fused-ring (bicyclic) bond motifs is 3. The van der Waals surface area contributed by atoms with E-state index < -0.39 is 6.10 Å². The Morgan fingerprint density at radius 1 is 1.14 bits per heavy atom. The van der Waals surface area contributed by atoms with Gasteiger partial charge < -0.3 is 25.2 Å². The standard InChI is InChI=1S/C23H40N2O4/c1-15-7-10-25(11-8-15)20(27)12-16-17(26)4-5-18-22(16,2)9-6-19-23(18,3)14-28-21(13-24)29-19/h15-19,21,26H,4-14,24H2,1-3H3/t16-,17-,18-,19-,21-,22+,23+/m1/s1. The second kappa shape index (κ2) is 8.10. The third-order valence-corrected chi connectivity index (χ3v) is 8.96. The van der Waals surface area contributed by atoms with Gasteiger partial charge in [-0.3, -0.25) is 4.79 Å². The number of piperidine rings is 1. The monoisotopic (exact) mass is 408 g/mol. The van der Waals surface area contributed by atoms with E-state index in [0.29, 0.717) is 31.4 Å². The molecule has 2 saturated carbocycles. The number of carbonyl (C=O) groups is 1. The minimum atomic E-state index is -0.397. The number of likely N-dealkylation sites (tertiary alicyclic amines) is 1. The molecule has 6 nitrogen and oxygen atoms in total. The first kappa shape index (κ1) is 21.5. The maximum absolute atomic E-state index is 13.1. The van der Waals surface area contributed by atoms with Crippen molar-refractivity contribution in [2.75, 3.05) is 26.2 Å². The average molecular weight is 409 g/mol. The van der Waals surface area contributed by atoms with Gasteiger partial charge in [0.05, 0.1) is 18.8 Å². The molecule has 2 saturated heterocycles. The molecule has 29 heavy (non-hydrogen) atoms. The lowest BCUT2D eigenvalue weighted by molar-refractivity contribution is -0.305. The van der Waals surface area contributed by atoms with E-state index in [1.165, 1.54) is 0 Å². The molecule has 166 valence electrons. The van der Waals surface area contributed by atoms with Crippen LogP contribution in [-0.4, -0.2) is 60.7 Å². The lowest BCUT2D eigenvalue weighted by atomic mass is 9.46. The Morgan fingerprint density at radius 2 is 1.86 bits per heavy atom. The van der Waals surface area contributed by atoms with Crippen molar-refractivity contribution in [2.45, 2.75) is 84.2 Å². The van der Waals surface area contributed by atoms with Crippen molar-refractivity contribution in [3.05, 3.63) is 0 Å². The molecule has 7 atom stereocenters. The van der Waals surface area contributed by atoms with Crippen LogP contribution in [0.15, 0.2) is 0 Å². The first-order chi connectivity index (χ1) is 13.8. The molecular weight excluding hydrogens is 368 g/mol. The molecule has 0 aromatic carbocycles. The number of nitrogens with two attached hydrogens (primary N) is 1. The van der Waals surface area contributed by atoms with Gasteiger partial charge in [-0.05, 0) is 61.7 Å². The molecule has 2 aliphatic carbocycles. The first-order valence-electron chi connectivity index (χ1n) is 11.7. The molecule has 0 bridgehead atoms. The van der Waals surface area contributed by atoms with Crippen LogP contribution in [0.3, 0.4) is 0 Å². The lowest BCUT2D eigenvalue weighted by Crippen LogP contribution is -2.63. The number of aliphatic hydroxyl groups is 1. The highest BCUT2D eigenvalue weighted by Crippen LogP contribution is 2.62. The van der Waals surface area contributed by atoms with Crippen LogP contribution in [-0.2, 0) is 14.3 Å². The SMILES string of the molecule is CC1CCN(C(=O)C[C@@H]2[C@H](O)CC[C@H]3[C@]4(C)CO[C@@H](CN)O[C@@H]4CC[C@]32C)CC1. The molecule has 0 spiro atoms. The number of hydrogen-bond donors (Lipinski definition) is 2. The fourth-order valence-corrected chi connectivity index (χ4v) is 6.99. The van der Waals surface area contributed by atoms with Crippen molar-refractivity contribution >= 4 is 5.91 Å². The molecule has 0 radical (unpaired) electrons. The van der Waals surface area contributed by atoms with Gasteiger partial charge in [0.25, 0.3) is 0 Å². The zero-order valence-corrected chi connectivity index (χ0v) is 18.4. The predicted molar refractivity (Wildman–Crippen MR) is 111 cm³/mol. The highest BCUT2D eigenvalue weighted by atomic mass is 16.7. The Balaban J connectivity index is 1.51. The Bertz CT molecular complexity index is 608. The number of rotatable bonds is 3. The Hall–Kier alpha value is -0.690. The average Bonchev–Trinajstić information content (AvgIpc) is 2.70. The molecule has 0 aromatic rings. The number of amides is 1. The summed E-state index contributed by atoms with van der Waals surface area (Å²) in [4.78, 5) is 15.2. The van der Waals surface area contributed by atoms with Crippen molar-refractivity contribution in [1.82, 2.24) is 4.90 Å². The van der Waals surface area contributed by atoms with Crippen LogP contribution in [0.2, 0.25) is 0 Å². The fraction of sp³-hybridized carbons (Fsp3) is 0.957. The van der Waals surface area contributed by atoms with Crippen molar-refractivity contribution in [1.29, 1.82) is 0 Å². The lowest BCUT2D eigenvalue weighted by Gasteiger charge is -2.63. The molecule has 4 fully saturated rings. The summed E-state index contributed by atoms with van der Waals surface area (Å²) in [6.07, 6.45) is 5.77. The Labute approximate surface area is 175 Å². The largest absolute Gasteiger partial charge is 0.393 e.